The van der Waals surface area contributed by atoms with Crippen LogP contribution in [-0.4, -0.2) is 72.3 Å². The third-order valence-electron chi connectivity index (χ3n) is 7.00. The Morgan fingerprint density at radius 2 is 1.37 bits per heavy atom. The Bertz CT molecular complexity index is 1250. The van der Waals surface area contributed by atoms with E-state index in [2.05, 4.69) is 5.32 Å². The predicted octanol–water partition coefficient (Wildman–Crippen LogP) is 5.23. The van der Waals surface area contributed by atoms with Gasteiger partial charge in [-0.3, -0.25) is 28.9 Å². The van der Waals surface area contributed by atoms with Crippen LogP contribution in [0.5, 0.6) is 0 Å². The summed E-state index contributed by atoms with van der Waals surface area (Å²) < 4.78 is 23.8. The van der Waals surface area contributed by atoms with E-state index in [1.165, 1.54) is 0 Å². The molecule has 1 fully saturated rings. The molecule has 258 valence electrons. The molecule has 46 heavy (non-hydrogen) atoms. The lowest BCUT2D eigenvalue weighted by atomic mass is 9.89. The van der Waals surface area contributed by atoms with Gasteiger partial charge in [-0.1, -0.05) is 23.7 Å². The van der Waals surface area contributed by atoms with Crippen molar-refractivity contribution in [3.05, 3.63) is 34.9 Å². The van der Waals surface area contributed by atoms with Crippen molar-refractivity contribution < 1.29 is 42.9 Å². The number of carbonyl (C=O) groups is 5. The molecule has 5 atom stereocenters. The number of ether oxygens (including phenoxy) is 4. The third kappa shape index (κ3) is 10.7. The second-order valence-electron chi connectivity index (χ2n) is 15.8. The van der Waals surface area contributed by atoms with Crippen LogP contribution in [0.25, 0.3) is 0 Å². The summed E-state index contributed by atoms with van der Waals surface area (Å²) in [7, 11) is 0. The molecule has 0 aliphatic carbocycles. The number of rotatable bonds is 9. The molecule has 1 N–H and O–H groups in total. The fourth-order valence-electron chi connectivity index (χ4n) is 4.37. The molecule has 0 unspecified atom stereocenters. The maximum atomic E-state index is 13.9. The van der Waals surface area contributed by atoms with Crippen LogP contribution in [0.15, 0.2) is 24.3 Å². The van der Waals surface area contributed by atoms with Crippen molar-refractivity contribution >= 4 is 41.8 Å². The molecule has 1 aliphatic rings. The molecule has 2 rings (SSSR count). The first-order valence-corrected chi connectivity index (χ1v) is 15.8. The molecule has 1 aromatic rings. The van der Waals surface area contributed by atoms with Crippen LogP contribution in [0.2, 0.25) is 5.02 Å². The molecule has 1 aromatic carbocycles. The molecule has 1 saturated heterocycles. The van der Waals surface area contributed by atoms with Crippen molar-refractivity contribution in [2.45, 2.75) is 113 Å². The lowest BCUT2D eigenvalue weighted by molar-refractivity contribution is -0.242. The van der Waals surface area contributed by atoms with E-state index in [0.29, 0.717) is 17.0 Å². The number of hydrogen-bond donors (Lipinski definition) is 1. The van der Waals surface area contributed by atoms with Gasteiger partial charge < -0.3 is 24.3 Å². The Morgan fingerprint density at radius 3 is 1.83 bits per heavy atom. The molecular weight excluding hydrogens is 616 g/mol. The summed E-state index contributed by atoms with van der Waals surface area (Å²) in [4.78, 5) is 67.4. The Balaban J connectivity index is 2.74. The van der Waals surface area contributed by atoms with Crippen LogP contribution < -0.4 is 5.32 Å². The van der Waals surface area contributed by atoms with Crippen molar-refractivity contribution in [1.82, 2.24) is 10.2 Å². The van der Waals surface area contributed by atoms with Gasteiger partial charge in [-0.25, -0.2) is 0 Å². The number of benzene rings is 1. The minimum atomic E-state index is -1.35. The second kappa shape index (κ2) is 14.7. The minimum absolute atomic E-state index is 0.244. The zero-order valence-corrected chi connectivity index (χ0v) is 29.9. The normalized spacial score (nSPS) is 21.4. The molecule has 0 spiro atoms. The smallest absolute Gasteiger partial charge is 0.311 e. The highest BCUT2D eigenvalue weighted by molar-refractivity contribution is 6.30. The molecule has 0 bridgehead atoms. The fourth-order valence-corrected chi connectivity index (χ4v) is 4.50. The Kier molecular flexibility index (Phi) is 12.5. The maximum Gasteiger partial charge on any atom is 0.311 e. The first-order valence-electron chi connectivity index (χ1n) is 15.4. The van der Waals surface area contributed by atoms with E-state index < -0.39 is 76.0 Å². The molecule has 1 aliphatic heterocycles. The topological polar surface area (TPSA) is 138 Å². The highest BCUT2D eigenvalue weighted by atomic mass is 35.5. The molecule has 2 amide bonds. The van der Waals surface area contributed by atoms with Crippen LogP contribution in [0, 0.1) is 22.2 Å². The Labute approximate surface area is 278 Å². The fraction of sp³-hybridized carbons (Fsp3) is 0.676. The van der Waals surface area contributed by atoms with Gasteiger partial charge in [0.15, 0.2) is 12.3 Å². The molecule has 0 saturated carbocycles. The number of nitrogens with one attached hydrogen (secondary N) is 1. The Hall–Kier alpha value is -3.18. The molecule has 12 heteroatoms. The number of hydrogen-bond acceptors (Lipinski definition) is 9. The lowest BCUT2D eigenvalue weighted by Gasteiger charge is -2.47. The second-order valence-corrected chi connectivity index (χ2v) is 16.2. The largest absolute Gasteiger partial charge is 0.465 e. The number of nitrogens with zero attached hydrogens (tertiary/aromatic N) is 1. The van der Waals surface area contributed by atoms with E-state index in [-0.39, 0.29) is 13.2 Å². The van der Waals surface area contributed by atoms with Crippen molar-refractivity contribution in [1.29, 1.82) is 0 Å². The molecule has 0 radical (unpaired) electrons. The summed E-state index contributed by atoms with van der Waals surface area (Å²) in [6.07, 6.45) is -3.25. The van der Waals surface area contributed by atoms with E-state index >= 15 is 0 Å². The van der Waals surface area contributed by atoms with Gasteiger partial charge in [-0.2, -0.15) is 0 Å². The van der Waals surface area contributed by atoms with Crippen LogP contribution in [0.1, 0.15) is 94.7 Å². The third-order valence-corrected chi connectivity index (χ3v) is 7.26. The lowest BCUT2D eigenvalue weighted by Crippen LogP contribution is -2.62. The summed E-state index contributed by atoms with van der Waals surface area (Å²) in [6, 6.07) is 5.16. The SMILES string of the molecule is CC(C)(C)NC(=O)[C@H](c1ccc(Cl)cc1)N(C=O)[C@H]1OC[C@@H](OC(=O)C(C)(C)C)[C@@H](COC(=O)C(C)(C)C)[C@@H]1OC(=O)C(C)(C)C. The van der Waals surface area contributed by atoms with Gasteiger partial charge in [0.2, 0.25) is 12.3 Å². The highest BCUT2D eigenvalue weighted by Gasteiger charge is 2.51. The van der Waals surface area contributed by atoms with E-state index in [4.69, 9.17) is 30.5 Å². The van der Waals surface area contributed by atoms with Crippen molar-refractivity contribution in [3.8, 4) is 0 Å². The van der Waals surface area contributed by atoms with Gasteiger partial charge >= 0.3 is 17.9 Å². The van der Waals surface area contributed by atoms with Crippen molar-refractivity contribution in [3.63, 3.8) is 0 Å². The van der Waals surface area contributed by atoms with Gasteiger partial charge in [0.1, 0.15) is 18.8 Å². The predicted molar refractivity (Wildman–Crippen MR) is 172 cm³/mol. The van der Waals surface area contributed by atoms with E-state index in [1.54, 1.807) is 107 Å². The Morgan fingerprint density at radius 1 is 0.870 bits per heavy atom. The minimum Gasteiger partial charge on any atom is -0.465 e. The summed E-state index contributed by atoms with van der Waals surface area (Å²) in [5, 5.41) is 3.33. The quantitative estimate of drug-likeness (QED) is 0.213. The van der Waals surface area contributed by atoms with Gasteiger partial charge in [0, 0.05) is 10.6 Å². The molecular formula is C34H51ClN2O9. The van der Waals surface area contributed by atoms with Crippen LogP contribution in [-0.2, 0) is 42.9 Å². The summed E-state index contributed by atoms with van der Waals surface area (Å²) in [5.41, 5.74) is -2.99. The summed E-state index contributed by atoms with van der Waals surface area (Å²) in [6.45, 7) is 19.9. The average molecular weight is 667 g/mol. The summed E-state index contributed by atoms with van der Waals surface area (Å²) in [5.74, 6) is -3.23. The maximum absolute atomic E-state index is 13.9. The molecule has 0 aromatic heterocycles. The monoisotopic (exact) mass is 666 g/mol. The average Bonchev–Trinajstić information content (AvgIpc) is 2.89. The van der Waals surface area contributed by atoms with Crippen molar-refractivity contribution in [2.75, 3.05) is 13.2 Å². The van der Waals surface area contributed by atoms with Gasteiger partial charge in [0.25, 0.3) is 0 Å². The van der Waals surface area contributed by atoms with Crippen molar-refractivity contribution in [2.24, 2.45) is 22.2 Å². The molecule has 1 heterocycles. The number of carbonyl (C=O) groups excluding carboxylic acids is 5. The zero-order chi connectivity index (χ0) is 35.4. The highest BCUT2D eigenvalue weighted by Crippen LogP contribution is 2.36. The summed E-state index contributed by atoms with van der Waals surface area (Å²) >= 11 is 6.14. The first-order chi connectivity index (χ1) is 20.9. The van der Waals surface area contributed by atoms with E-state index in [9.17, 15) is 24.0 Å². The number of halogens is 1. The van der Waals surface area contributed by atoms with Gasteiger partial charge in [0.05, 0.1) is 28.8 Å². The molecule has 11 nitrogen and oxygen atoms in total. The number of esters is 3. The first kappa shape index (κ1) is 39.0. The van der Waals surface area contributed by atoms with Crippen LogP contribution in [0.4, 0.5) is 0 Å². The van der Waals surface area contributed by atoms with E-state index in [1.807, 2.05) is 0 Å². The van der Waals surface area contributed by atoms with Crippen LogP contribution in [0.3, 0.4) is 0 Å². The van der Waals surface area contributed by atoms with E-state index in [0.717, 1.165) is 4.90 Å². The van der Waals surface area contributed by atoms with Gasteiger partial charge in [-0.05, 0) is 101 Å². The standard InChI is InChI=1S/C34H51ClN2O9/c1-31(2,3)28(40)44-17-22-23(45-29(41)32(4,5)6)18-43-27(25(22)46-30(42)33(7,8)9)37(19-38)24(26(39)36-34(10,11)12)20-13-15-21(35)16-14-20/h13-16,19,22-25,27H,17-18H2,1-12H3,(H,36,39)/t22-,23-,24+,25+,27+/m1/s1. The van der Waals surface area contributed by atoms with Crippen LogP contribution >= 0.6 is 11.6 Å². The van der Waals surface area contributed by atoms with Gasteiger partial charge in [-0.15, -0.1) is 0 Å². The zero-order valence-electron chi connectivity index (χ0n) is 29.2. The number of amides is 2.